The van der Waals surface area contributed by atoms with Crippen LogP contribution in [-0.4, -0.2) is 31.7 Å². The lowest BCUT2D eigenvalue weighted by atomic mass is 9.86. The zero-order valence-electron chi connectivity index (χ0n) is 8.43. The van der Waals surface area contributed by atoms with E-state index in [-0.39, 0.29) is 7.43 Å². The topological polar surface area (TPSA) is 0 Å². The summed E-state index contributed by atoms with van der Waals surface area (Å²) in [5, 5.41) is 0. The number of rotatable bonds is 1. The van der Waals surface area contributed by atoms with Crippen molar-refractivity contribution in [2.45, 2.75) is 34.1 Å². The monoisotopic (exact) mass is 172 g/mol. The Hall–Kier alpha value is -0.0400. The van der Waals surface area contributed by atoms with Gasteiger partial charge in [0.15, 0.2) is 0 Å². The molecule has 0 atom stereocenters. The van der Waals surface area contributed by atoms with Gasteiger partial charge in [-0.15, -0.1) is 0 Å². The molecule has 74 valence electrons. The molecule has 0 amide bonds. The Morgan fingerprint density at radius 3 is 1.83 bits per heavy atom. The Kier molecular flexibility index (Phi) is 4.25. The Morgan fingerprint density at radius 2 is 1.50 bits per heavy atom. The van der Waals surface area contributed by atoms with E-state index in [0.29, 0.717) is 0 Å². The Morgan fingerprint density at radius 1 is 1.08 bits per heavy atom. The summed E-state index contributed by atoms with van der Waals surface area (Å²) in [7, 11) is 4.69. The fourth-order valence-corrected chi connectivity index (χ4v) is 1.95. The molecule has 1 saturated heterocycles. The smallest absolute Gasteiger partial charge is 0.0785 e. The van der Waals surface area contributed by atoms with Crippen LogP contribution in [0.5, 0.6) is 0 Å². The molecule has 1 fully saturated rings. The number of hydrogen-bond acceptors (Lipinski definition) is 0. The predicted molar refractivity (Wildman–Crippen MR) is 56.1 cm³/mol. The third-order valence-electron chi connectivity index (χ3n) is 3.15. The molecular formula is C11H26N+. The molecule has 0 aromatic carbocycles. The molecule has 12 heavy (non-hydrogen) atoms. The van der Waals surface area contributed by atoms with Crippen LogP contribution >= 0.6 is 0 Å². The third-order valence-corrected chi connectivity index (χ3v) is 3.15. The van der Waals surface area contributed by atoms with Crippen molar-refractivity contribution in [2.24, 2.45) is 11.8 Å². The van der Waals surface area contributed by atoms with Crippen LogP contribution in [0.15, 0.2) is 0 Å². The normalized spacial score (nSPS) is 23.8. The Labute approximate surface area is 78.4 Å². The second-order valence-corrected chi connectivity index (χ2v) is 4.96. The molecule has 0 unspecified atom stereocenters. The van der Waals surface area contributed by atoms with E-state index < -0.39 is 0 Å². The van der Waals surface area contributed by atoms with Gasteiger partial charge in [-0.3, -0.25) is 0 Å². The van der Waals surface area contributed by atoms with Crippen LogP contribution in [0, 0.1) is 11.8 Å². The van der Waals surface area contributed by atoms with E-state index in [1.54, 1.807) is 0 Å². The number of nitrogens with zero attached hydrogens (tertiary/aromatic N) is 1. The maximum atomic E-state index is 2.36. The van der Waals surface area contributed by atoms with E-state index >= 15 is 0 Å². The summed E-state index contributed by atoms with van der Waals surface area (Å²) in [6.45, 7) is 7.47. The summed E-state index contributed by atoms with van der Waals surface area (Å²) in [6, 6.07) is 0. The molecule has 0 N–H and O–H groups in total. The molecule has 0 aliphatic carbocycles. The van der Waals surface area contributed by atoms with Crippen molar-refractivity contribution in [1.29, 1.82) is 0 Å². The summed E-state index contributed by atoms with van der Waals surface area (Å²) in [4.78, 5) is 0. The standard InChI is InChI=1S/C10H22N.CH4/c1-9(2)10-5-7-11(3,4)8-6-10;/h9-10H,5-8H2,1-4H3;1H4/q+1;. The third kappa shape index (κ3) is 3.14. The highest BCUT2D eigenvalue weighted by Crippen LogP contribution is 2.26. The quantitative estimate of drug-likeness (QED) is 0.534. The van der Waals surface area contributed by atoms with E-state index in [1.165, 1.54) is 30.4 Å². The average Bonchev–Trinajstić information content (AvgIpc) is 1.86. The molecule has 0 aromatic heterocycles. The van der Waals surface area contributed by atoms with Gasteiger partial charge in [0, 0.05) is 0 Å². The highest BCUT2D eigenvalue weighted by molar-refractivity contribution is 4.66. The van der Waals surface area contributed by atoms with Gasteiger partial charge < -0.3 is 4.48 Å². The van der Waals surface area contributed by atoms with Crippen LogP contribution in [0.1, 0.15) is 34.1 Å². The minimum absolute atomic E-state index is 0. The van der Waals surface area contributed by atoms with Crippen LogP contribution in [0.4, 0.5) is 0 Å². The summed E-state index contributed by atoms with van der Waals surface area (Å²) >= 11 is 0. The van der Waals surface area contributed by atoms with Gasteiger partial charge in [-0.05, 0) is 24.7 Å². The van der Waals surface area contributed by atoms with Gasteiger partial charge in [-0.2, -0.15) is 0 Å². The zero-order valence-corrected chi connectivity index (χ0v) is 8.43. The van der Waals surface area contributed by atoms with Gasteiger partial charge in [0.2, 0.25) is 0 Å². The minimum atomic E-state index is 0. The summed E-state index contributed by atoms with van der Waals surface area (Å²) in [5.74, 6) is 1.90. The highest BCUT2D eigenvalue weighted by atomic mass is 15.3. The predicted octanol–water partition coefficient (Wildman–Crippen LogP) is 2.76. The van der Waals surface area contributed by atoms with Crippen molar-refractivity contribution in [3.8, 4) is 0 Å². The molecule has 1 heteroatoms. The van der Waals surface area contributed by atoms with Gasteiger partial charge in [-0.25, -0.2) is 0 Å². The first-order chi connectivity index (χ1) is 5.01. The summed E-state index contributed by atoms with van der Waals surface area (Å²) in [6.07, 6.45) is 2.87. The van der Waals surface area contributed by atoms with Gasteiger partial charge in [0.25, 0.3) is 0 Å². The van der Waals surface area contributed by atoms with Crippen LogP contribution in [0.2, 0.25) is 0 Å². The van der Waals surface area contributed by atoms with Gasteiger partial charge in [0.1, 0.15) is 0 Å². The van der Waals surface area contributed by atoms with Crippen LogP contribution in [0.3, 0.4) is 0 Å². The molecule has 1 aliphatic heterocycles. The second-order valence-electron chi connectivity index (χ2n) is 4.96. The lowest BCUT2D eigenvalue weighted by Gasteiger charge is -2.38. The van der Waals surface area contributed by atoms with Crippen molar-refractivity contribution in [2.75, 3.05) is 27.2 Å². The molecule has 1 aliphatic rings. The van der Waals surface area contributed by atoms with Gasteiger partial charge >= 0.3 is 0 Å². The van der Waals surface area contributed by atoms with Crippen LogP contribution < -0.4 is 0 Å². The van der Waals surface area contributed by atoms with E-state index in [1.807, 2.05) is 0 Å². The molecule has 1 rings (SSSR count). The van der Waals surface area contributed by atoms with Crippen molar-refractivity contribution >= 4 is 0 Å². The maximum Gasteiger partial charge on any atom is 0.0785 e. The number of quaternary nitrogens is 1. The maximum absolute atomic E-state index is 2.36. The average molecular weight is 172 g/mol. The minimum Gasteiger partial charge on any atom is -0.328 e. The molecule has 0 radical (unpaired) electrons. The second kappa shape index (κ2) is 4.27. The van der Waals surface area contributed by atoms with Crippen LogP contribution in [-0.2, 0) is 0 Å². The van der Waals surface area contributed by atoms with E-state index in [0.717, 1.165) is 11.8 Å². The van der Waals surface area contributed by atoms with Crippen molar-refractivity contribution < 1.29 is 4.48 Å². The molecule has 0 spiro atoms. The van der Waals surface area contributed by atoms with E-state index in [2.05, 4.69) is 27.9 Å². The molecular weight excluding hydrogens is 146 g/mol. The molecule has 0 aromatic rings. The van der Waals surface area contributed by atoms with E-state index in [9.17, 15) is 0 Å². The lowest BCUT2D eigenvalue weighted by molar-refractivity contribution is -0.896. The number of hydrogen-bond donors (Lipinski definition) is 0. The van der Waals surface area contributed by atoms with E-state index in [4.69, 9.17) is 0 Å². The fraction of sp³-hybridized carbons (Fsp3) is 1.00. The Bertz CT molecular complexity index is 117. The summed E-state index contributed by atoms with van der Waals surface area (Å²) in [5.41, 5.74) is 0. The number of likely N-dealkylation sites (tertiary alicyclic amines) is 1. The zero-order chi connectivity index (χ0) is 8.48. The summed E-state index contributed by atoms with van der Waals surface area (Å²) < 4.78 is 1.24. The Balaban J connectivity index is 0.00000121. The molecule has 0 bridgehead atoms. The first kappa shape index (κ1) is 12.0. The lowest BCUT2D eigenvalue weighted by Crippen LogP contribution is -2.46. The fourth-order valence-electron chi connectivity index (χ4n) is 1.95. The molecule has 0 saturated carbocycles. The largest absolute Gasteiger partial charge is 0.328 e. The van der Waals surface area contributed by atoms with Crippen molar-refractivity contribution in [1.82, 2.24) is 0 Å². The number of piperidine rings is 1. The van der Waals surface area contributed by atoms with Crippen molar-refractivity contribution in [3.05, 3.63) is 0 Å². The van der Waals surface area contributed by atoms with Crippen molar-refractivity contribution in [3.63, 3.8) is 0 Å². The molecule has 1 heterocycles. The van der Waals surface area contributed by atoms with Gasteiger partial charge in [-0.1, -0.05) is 21.3 Å². The first-order valence-electron chi connectivity index (χ1n) is 4.83. The first-order valence-corrected chi connectivity index (χ1v) is 4.83. The van der Waals surface area contributed by atoms with Gasteiger partial charge in [0.05, 0.1) is 27.2 Å². The molecule has 1 nitrogen and oxygen atoms in total. The SMILES string of the molecule is C.CC(C)C1CC[N+](C)(C)CC1. The van der Waals surface area contributed by atoms with Crippen LogP contribution in [0.25, 0.3) is 0 Å². The highest BCUT2D eigenvalue weighted by Gasteiger charge is 2.27.